The molecule has 0 bridgehead atoms. The molecule has 0 amide bonds. The summed E-state index contributed by atoms with van der Waals surface area (Å²) in [4.78, 5) is 16.7. The van der Waals surface area contributed by atoms with E-state index in [1.54, 1.807) is 20.0 Å². The molecule has 0 saturated heterocycles. The summed E-state index contributed by atoms with van der Waals surface area (Å²) in [7, 11) is 0. The van der Waals surface area contributed by atoms with E-state index in [1.807, 2.05) is 12.3 Å². The molecular weight excluding hydrogens is 342 g/mol. The molecule has 2 aromatic carbocycles. The molecule has 1 aromatic heterocycles. The number of rotatable bonds is 6. The molecule has 0 aliphatic heterocycles. The quantitative estimate of drug-likeness (QED) is 0.604. The average Bonchev–Trinajstić information content (AvgIpc) is 2.62. The van der Waals surface area contributed by atoms with E-state index >= 15 is 0 Å². The van der Waals surface area contributed by atoms with Crippen LogP contribution in [0.3, 0.4) is 0 Å². The van der Waals surface area contributed by atoms with Gasteiger partial charge in [0.15, 0.2) is 0 Å². The molecule has 3 rings (SSSR count). The maximum absolute atomic E-state index is 11.5. The Bertz CT molecular complexity index is 950. The number of nitrogens with zero attached hydrogens (tertiary/aromatic N) is 1. The number of fused-ring (bicyclic) bond motifs is 1. The summed E-state index contributed by atoms with van der Waals surface area (Å²) in [6.45, 7) is 5.60. The molecule has 0 aliphatic rings. The molecular formula is C22H23NO2S. The maximum atomic E-state index is 11.5. The van der Waals surface area contributed by atoms with Crippen molar-refractivity contribution in [3.63, 3.8) is 0 Å². The lowest BCUT2D eigenvalue weighted by Crippen LogP contribution is -2.27. The molecule has 1 heterocycles. The van der Waals surface area contributed by atoms with Gasteiger partial charge in [0, 0.05) is 17.3 Å². The van der Waals surface area contributed by atoms with Crippen LogP contribution in [0.2, 0.25) is 0 Å². The summed E-state index contributed by atoms with van der Waals surface area (Å²) in [5.41, 5.74) is 3.69. The number of hydrogen-bond donors (Lipinski definition) is 1. The van der Waals surface area contributed by atoms with Gasteiger partial charge in [-0.15, -0.1) is 11.8 Å². The van der Waals surface area contributed by atoms with Gasteiger partial charge in [0.05, 0.1) is 0 Å². The van der Waals surface area contributed by atoms with Crippen molar-refractivity contribution in [2.75, 3.05) is 0 Å². The zero-order valence-corrected chi connectivity index (χ0v) is 16.1. The highest BCUT2D eigenvalue weighted by Gasteiger charge is 2.29. The minimum atomic E-state index is -0.868. The van der Waals surface area contributed by atoms with Gasteiger partial charge in [-0.3, -0.25) is 9.78 Å². The van der Waals surface area contributed by atoms with Crippen molar-refractivity contribution in [1.82, 2.24) is 4.98 Å². The van der Waals surface area contributed by atoms with Crippen molar-refractivity contribution in [3.05, 3.63) is 71.5 Å². The number of carboxylic acids is 1. The highest BCUT2D eigenvalue weighted by molar-refractivity contribution is 8.01. The molecule has 26 heavy (non-hydrogen) atoms. The summed E-state index contributed by atoms with van der Waals surface area (Å²) in [6.07, 6.45) is 5.31. The SMILES string of the molecule is Cc1ccc(CCc2cnccc2SC(C)(C)C(=O)O)c2ccccc12. The first-order valence-electron chi connectivity index (χ1n) is 8.71. The van der Waals surface area contributed by atoms with Crippen LogP contribution in [0.4, 0.5) is 0 Å². The van der Waals surface area contributed by atoms with Crippen LogP contribution in [-0.4, -0.2) is 20.8 Å². The van der Waals surface area contributed by atoms with Gasteiger partial charge in [0.1, 0.15) is 4.75 Å². The Morgan fingerprint density at radius 2 is 1.73 bits per heavy atom. The van der Waals surface area contributed by atoms with Crippen molar-refractivity contribution in [2.45, 2.75) is 43.3 Å². The Kier molecular flexibility index (Phi) is 5.33. The number of aryl methyl sites for hydroxylation is 3. The van der Waals surface area contributed by atoms with Crippen LogP contribution >= 0.6 is 11.8 Å². The van der Waals surface area contributed by atoms with Gasteiger partial charge in [-0.2, -0.15) is 0 Å². The fourth-order valence-electron chi connectivity index (χ4n) is 3.02. The Labute approximate surface area is 158 Å². The van der Waals surface area contributed by atoms with Crippen molar-refractivity contribution in [3.8, 4) is 0 Å². The number of pyridine rings is 1. The second-order valence-corrected chi connectivity index (χ2v) is 8.65. The van der Waals surface area contributed by atoms with E-state index < -0.39 is 10.7 Å². The molecule has 0 fully saturated rings. The molecule has 0 atom stereocenters. The van der Waals surface area contributed by atoms with Crippen molar-refractivity contribution in [1.29, 1.82) is 0 Å². The Balaban J connectivity index is 1.86. The van der Waals surface area contributed by atoms with E-state index in [9.17, 15) is 9.90 Å². The van der Waals surface area contributed by atoms with Gasteiger partial charge in [-0.25, -0.2) is 0 Å². The largest absolute Gasteiger partial charge is 0.480 e. The first-order valence-corrected chi connectivity index (χ1v) is 9.52. The summed E-state index contributed by atoms with van der Waals surface area (Å²) in [6, 6.07) is 14.8. The number of carbonyl (C=O) groups is 1. The lowest BCUT2D eigenvalue weighted by molar-refractivity contribution is -0.138. The van der Waals surface area contributed by atoms with E-state index in [4.69, 9.17) is 0 Å². The third kappa shape index (κ3) is 3.91. The molecule has 3 nitrogen and oxygen atoms in total. The first kappa shape index (κ1) is 18.5. The van der Waals surface area contributed by atoms with Crippen LogP contribution < -0.4 is 0 Å². The fraction of sp³-hybridized carbons (Fsp3) is 0.273. The number of aromatic nitrogens is 1. The Hall–Kier alpha value is -2.33. The number of carboxylic acid groups (broad SMARTS) is 1. The molecule has 134 valence electrons. The molecule has 0 saturated carbocycles. The summed E-state index contributed by atoms with van der Waals surface area (Å²) < 4.78 is -0.868. The third-order valence-corrected chi connectivity index (χ3v) is 5.94. The van der Waals surface area contributed by atoms with Gasteiger partial charge < -0.3 is 5.11 Å². The molecule has 0 unspecified atom stereocenters. The van der Waals surface area contributed by atoms with Crippen molar-refractivity contribution in [2.24, 2.45) is 0 Å². The fourth-order valence-corrected chi connectivity index (χ4v) is 4.07. The zero-order chi connectivity index (χ0) is 18.7. The average molecular weight is 365 g/mol. The summed E-state index contributed by atoms with van der Waals surface area (Å²) in [5.74, 6) is -0.810. The molecule has 1 N–H and O–H groups in total. The number of aliphatic carboxylic acids is 1. The number of thioether (sulfide) groups is 1. The zero-order valence-electron chi connectivity index (χ0n) is 15.3. The lowest BCUT2D eigenvalue weighted by atomic mass is 9.96. The maximum Gasteiger partial charge on any atom is 0.319 e. The van der Waals surface area contributed by atoms with E-state index in [0.717, 1.165) is 23.3 Å². The molecule has 4 heteroatoms. The Morgan fingerprint density at radius 3 is 2.46 bits per heavy atom. The van der Waals surface area contributed by atoms with Crippen LogP contribution in [-0.2, 0) is 17.6 Å². The summed E-state index contributed by atoms with van der Waals surface area (Å²) in [5, 5.41) is 12.0. The normalized spacial score (nSPS) is 11.7. The van der Waals surface area contributed by atoms with Gasteiger partial charge in [0.25, 0.3) is 0 Å². The van der Waals surface area contributed by atoms with Gasteiger partial charge in [0.2, 0.25) is 0 Å². The predicted octanol–water partition coefficient (Wildman–Crippen LogP) is 5.28. The molecule has 3 aromatic rings. The van der Waals surface area contributed by atoms with E-state index in [0.29, 0.717) is 0 Å². The van der Waals surface area contributed by atoms with Gasteiger partial charge >= 0.3 is 5.97 Å². The summed E-state index contributed by atoms with van der Waals surface area (Å²) >= 11 is 1.38. The topological polar surface area (TPSA) is 50.2 Å². The van der Waals surface area contributed by atoms with E-state index in [2.05, 4.69) is 48.3 Å². The number of hydrogen-bond acceptors (Lipinski definition) is 3. The van der Waals surface area contributed by atoms with E-state index in [1.165, 1.54) is 33.7 Å². The van der Waals surface area contributed by atoms with Gasteiger partial charge in [-0.05, 0) is 67.1 Å². The second kappa shape index (κ2) is 7.50. The Morgan fingerprint density at radius 1 is 1.04 bits per heavy atom. The number of benzene rings is 2. The molecule has 0 aliphatic carbocycles. The van der Waals surface area contributed by atoms with Gasteiger partial charge in [-0.1, -0.05) is 36.4 Å². The minimum absolute atomic E-state index is 0.810. The van der Waals surface area contributed by atoms with Crippen LogP contribution in [0.5, 0.6) is 0 Å². The van der Waals surface area contributed by atoms with Crippen LogP contribution in [0.25, 0.3) is 10.8 Å². The standard InChI is InChI=1S/C22H23NO2S/c1-15-8-9-16(19-7-5-4-6-18(15)19)10-11-17-14-23-13-12-20(17)26-22(2,3)21(24)25/h4-9,12-14H,10-11H2,1-3H3,(H,24,25). The third-order valence-electron chi connectivity index (χ3n) is 4.64. The minimum Gasteiger partial charge on any atom is -0.480 e. The highest BCUT2D eigenvalue weighted by Crippen LogP contribution is 2.35. The second-order valence-electron chi connectivity index (χ2n) is 6.99. The molecule has 0 radical (unpaired) electrons. The highest BCUT2D eigenvalue weighted by atomic mass is 32.2. The van der Waals surface area contributed by atoms with Crippen LogP contribution in [0, 0.1) is 6.92 Å². The van der Waals surface area contributed by atoms with Crippen LogP contribution in [0.1, 0.15) is 30.5 Å². The lowest BCUT2D eigenvalue weighted by Gasteiger charge is -2.20. The van der Waals surface area contributed by atoms with Crippen LogP contribution in [0.15, 0.2) is 59.8 Å². The first-order chi connectivity index (χ1) is 12.4. The molecule has 0 spiro atoms. The monoisotopic (exact) mass is 365 g/mol. The predicted molar refractivity (Wildman–Crippen MR) is 108 cm³/mol. The van der Waals surface area contributed by atoms with E-state index in [-0.39, 0.29) is 0 Å². The smallest absolute Gasteiger partial charge is 0.319 e. The van der Waals surface area contributed by atoms with Crippen molar-refractivity contribution < 1.29 is 9.90 Å². The van der Waals surface area contributed by atoms with Crippen molar-refractivity contribution >= 4 is 28.5 Å².